The maximum atomic E-state index is 15.0. The van der Waals surface area contributed by atoms with Gasteiger partial charge in [0.2, 0.25) is 0 Å². The summed E-state index contributed by atoms with van der Waals surface area (Å²) in [5.74, 6) is 2.44. The second kappa shape index (κ2) is 14.4. The topological polar surface area (TPSA) is 9.23 Å². The molecule has 4 rings (SSSR count). The summed E-state index contributed by atoms with van der Waals surface area (Å²) >= 11 is 0. The van der Waals surface area contributed by atoms with Gasteiger partial charge >= 0.3 is 0 Å². The monoisotopic (exact) mass is 510 g/mol. The van der Waals surface area contributed by atoms with Gasteiger partial charge < -0.3 is 4.74 Å². The lowest BCUT2D eigenvalue weighted by Gasteiger charge is -2.28. The molecule has 2 aromatic carbocycles. The maximum Gasteiger partial charge on any atom is 0.131 e. The Morgan fingerprint density at radius 2 is 1.38 bits per heavy atom. The predicted molar refractivity (Wildman–Crippen MR) is 151 cm³/mol. The maximum absolute atomic E-state index is 15.0. The van der Waals surface area contributed by atoms with Gasteiger partial charge in [-0.2, -0.15) is 0 Å². The van der Waals surface area contributed by atoms with Gasteiger partial charge in [0, 0.05) is 18.8 Å². The van der Waals surface area contributed by atoms with Gasteiger partial charge in [0.15, 0.2) is 0 Å². The van der Waals surface area contributed by atoms with Crippen molar-refractivity contribution < 1.29 is 13.5 Å². The van der Waals surface area contributed by atoms with Crippen LogP contribution in [0.25, 0.3) is 11.1 Å². The van der Waals surface area contributed by atoms with E-state index in [2.05, 4.69) is 26.0 Å². The zero-order valence-corrected chi connectivity index (χ0v) is 23.3. The molecule has 0 N–H and O–H groups in total. The van der Waals surface area contributed by atoms with Crippen molar-refractivity contribution in [2.45, 2.75) is 110 Å². The molecule has 2 aliphatic carbocycles. The molecule has 0 saturated heterocycles. The summed E-state index contributed by atoms with van der Waals surface area (Å²) in [7, 11) is 0. The minimum Gasteiger partial charge on any atom is -0.381 e. The molecule has 0 amide bonds. The lowest BCUT2D eigenvalue weighted by atomic mass is 9.78. The highest BCUT2D eigenvalue weighted by molar-refractivity contribution is 5.65. The van der Waals surface area contributed by atoms with Crippen LogP contribution in [-0.2, 0) is 11.2 Å². The predicted octanol–water partition coefficient (Wildman–Crippen LogP) is 10.3. The molecule has 0 radical (unpaired) electrons. The average Bonchev–Trinajstić information content (AvgIpc) is 2.93. The third kappa shape index (κ3) is 8.12. The van der Waals surface area contributed by atoms with Crippen LogP contribution in [0.4, 0.5) is 8.78 Å². The van der Waals surface area contributed by atoms with Crippen molar-refractivity contribution in [3.63, 3.8) is 0 Å². The molecule has 0 unspecified atom stereocenters. The average molecular weight is 511 g/mol. The van der Waals surface area contributed by atoms with E-state index in [1.54, 1.807) is 0 Å². The fourth-order valence-electron chi connectivity index (χ4n) is 6.85. The Labute approximate surface area is 224 Å². The van der Waals surface area contributed by atoms with E-state index >= 15 is 4.39 Å². The Bertz CT molecular complexity index is 937. The molecule has 2 aromatic rings. The van der Waals surface area contributed by atoms with Crippen LogP contribution in [0.5, 0.6) is 0 Å². The lowest BCUT2D eigenvalue weighted by molar-refractivity contribution is 0.0920. The molecule has 2 saturated carbocycles. The molecule has 0 aromatic heterocycles. The van der Waals surface area contributed by atoms with Crippen LogP contribution in [0.1, 0.15) is 114 Å². The van der Waals surface area contributed by atoms with E-state index in [-0.39, 0.29) is 11.6 Å². The summed E-state index contributed by atoms with van der Waals surface area (Å²) in [4.78, 5) is 0. The minimum atomic E-state index is -0.310. The van der Waals surface area contributed by atoms with Crippen molar-refractivity contribution in [2.24, 2.45) is 17.8 Å². The molecule has 2 fully saturated rings. The van der Waals surface area contributed by atoms with Crippen molar-refractivity contribution in [2.75, 3.05) is 13.2 Å². The highest BCUT2D eigenvalue weighted by atomic mass is 19.1. The fourth-order valence-corrected chi connectivity index (χ4v) is 6.85. The molecule has 37 heavy (non-hydrogen) atoms. The number of aryl methyl sites for hydroxylation is 1. The molecular weight excluding hydrogens is 462 g/mol. The number of unbranched alkanes of at least 4 members (excludes halogenated alkanes) is 1. The van der Waals surface area contributed by atoms with Gasteiger partial charge in [-0.1, -0.05) is 82.6 Å². The van der Waals surface area contributed by atoms with E-state index in [1.807, 2.05) is 12.1 Å². The van der Waals surface area contributed by atoms with Crippen LogP contribution < -0.4 is 0 Å². The minimum absolute atomic E-state index is 0.270. The van der Waals surface area contributed by atoms with E-state index < -0.39 is 0 Å². The Balaban J connectivity index is 1.25. The van der Waals surface area contributed by atoms with Crippen molar-refractivity contribution in [1.82, 2.24) is 0 Å². The van der Waals surface area contributed by atoms with Gasteiger partial charge in [-0.25, -0.2) is 8.78 Å². The van der Waals surface area contributed by atoms with Gasteiger partial charge in [-0.05, 0) is 97.9 Å². The van der Waals surface area contributed by atoms with Crippen LogP contribution >= 0.6 is 0 Å². The zero-order chi connectivity index (χ0) is 26.0. The van der Waals surface area contributed by atoms with Gasteiger partial charge in [-0.15, -0.1) is 0 Å². The van der Waals surface area contributed by atoms with E-state index in [0.717, 1.165) is 43.5 Å². The largest absolute Gasteiger partial charge is 0.381 e. The van der Waals surface area contributed by atoms with Gasteiger partial charge in [0.1, 0.15) is 11.6 Å². The Kier molecular flexibility index (Phi) is 11.0. The third-order valence-electron chi connectivity index (χ3n) is 9.21. The van der Waals surface area contributed by atoms with Crippen molar-refractivity contribution in [1.29, 1.82) is 0 Å². The molecule has 0 heterocycles. The van der Waals surface area contributed by atoms with Gasteiger partial charge in [0.05, 0.1) is 0 Å². The summed E-state index contributed by atoms with van der Waals surface area (Å²) < 4.78 is 35.6. The number of benzene rings is 2. The molecule has 0 aliphatic heterocycles. The molecular formula is C34H48F2O. The smallest absolute Gasteiger partial charge is 0.131 e. The fraction of sp³-hybridized carbons (Fsp3) is 0.647. The number of rotatable bonds is 12. The van der Waals surface area contributed by atoms with Gasteiger partial charge in [-0.3, -0.25) is 0 Å². The second-order valence-corrected chi connectivity index (χ2v) is 11.8. The first-order chi connectivity index (χ1) is 18.1. The standard InChI is InChI=1S/C34H48F2O/c1-3-7-25-10-12-26(13-11-25)8-5-6-9-31-22-34(36)32(23-33(31)35)30-20-18-29(19-21-30)28-16-14-27(15-17-28)24-37-4-2/h18-23,25-28H,3-17,24H2,1-2H3. The highest BCUT2D eigenvalue weighted by Gasteiger charge is 2.23. The quantitative estimate of drug-likeness (QED) is 0.258. The summed E-state index contributed by atoms with van der Waals surface area (Å²) in [5.41, 5.74) is 2.97. The first kappa shape index (κ1) is 28.3. The van der Waals surface area contributed by atoms with E-state index in [0.29, 0.717) is 29.4 Å². The van der Waals surface area contributed by atoms with Crippen LogP contribution in [0.2, 0.25) is 0 Å². The number of ether oxygens (including phenoxy) is 1. The van der Waals surface area contributed by atoms with E-state index in [9.17, 15) is 4.39 Å². The van der Waals surface area contributed by atoms with Crippen molar-refractivity contribution in [3.05, 3.63) is 59.2 Å². The van der Waals surface area contributed by atoms with E-state index in [4.69, 9.17) is 4.74 Å². The van der Waals surface area contributed by atoms with Crippen LogP contribution in [0.3, 0.4) is 0 Å². The normalized spacial score (nSPS) is 24.3. The van der Waals surface area contributed by atoms with Crippen molar-refractivity contribution in [3.8, 4) is 11.1 Å². The van der Waals surface area contributed by atoms with Crippen LogP contribution in [0, 0.1) is 29.4 Å². The van der Waals surface area contributed by atoms with Crippen LogP contribution in [-0.4, -0.2) is 13.2 Å². The zero-order valence-electron chi connectivity index (χ0n) is 23.3. The number of halogens is 2. The Hall–Kier alpha value is -1.74. The molecule has 1 nitrogen and oxygen atoms in total. The van der Waals surface area contributed by atoms with E-state index in [1.165, 1.54) is 88.3 Å². The summed E-state index contributed by atoms with van der Waals surface area (Å²) in [6.07, 6.45) is 16.8. The lowest BCUT2D eigenvalue weighted by Crippen LogP contribution is -2.17. The van der Waals surface area contributed by atoms with Crippen LogP contribution in [0.15, 0.2) is 36.4 Å². The van der Waals surface area contributed by atoms with Gasteiger partial charge in [0.25, 0.3) is 0 Å². The first-order valence-electron chi connectivity index (χ1n) is 15.2. The molecule has 204 valence electrons. The molecule has 0 spiro atoms. The molecule has 0 bridgehead atoms. The summed E-state index contributed by atoms with van der Waals surface area (Å²) in [5, 5.41) is 0. The SMILES string of the molecule is CCCC1CCC(CCCCc2cc(F)c(-c3ccc(C4CCC(COCC)CC4)cc3)cc2F)CC1. The molecule has 0 atom stereocenters. The Morgan fingerprint density at radius 3 is 2.03 bits per heavy atom. The first-order valence-corrected chi connectivity index (χ1v) is 15.2. The Morgan fingerprint density at radius 1 is 0.730 bits per heavy atom. The third-order valence-corrected chi connectivity index (χ3v) is 9.21. The van der Waals surface area contributed by atoms with Crippen molar-refractivity contribution >= 4 is 0 Å². The molecule has 3 heteroatoms. The number of hydrogen-bond acceptors (Lipinski definition) is 1. The number of hydrogen-bond donors (Lipinski definition) is 0. The summed E-state index contributed by atoms with van der Waals surface area (Å²) in [6.45, 7) is 6.01. The second-order valence-electron chi connectivity index (χ2n) is 11.8. The molecule has 2 aliphatic rings. The highest BCUT2D eigenvalue weighted by Crippen LogP contribution is 2.37. The summed E-state index contributed by atoms with van der Waals surface area (Å²) in [6, 6.07) is 11.0.